The first-order valence-corrected chi connectivity index (χ1v) is 14.1. The van der Waals surface area contributed by atoms with Crippen LogP contribution in [-0.2, 0) is 28.6 Å². The zero-order chi connectivity index (χ0) is 28.1. The van der Waals surface area contributed by atoms with Crippen LogP contribution in [0.1, 0.15) is 73.1 Å². The highest BCUT2D eigenvalue weighted by Gasteiger charge is 2.76. The molecule has 3 saturated carbocycles. The summed E-state index contributed by atoms with van der Waals surface area (Å²) in [6.07, 6.45) is 5.51. The van der Waals surface area contributed by atoms with Gasteiger partial charge in [0.1, 0.15) is 0 Å². The van der Waals surface area contributed by atoms with Gasteiger partial charge in [0, 0.05) is 23.2 Å². The highest BCUT2D eigenvalue weighted by Crippen LogP contribution is 2.72. The Morgan fingerprint density at radius 2 is 1.87 bits per heavy atom. The van der Waals surface area contributed by atoms with Gasteiger partial charge in [-0.3, -0.25) is 14.4 Å². The van der Waals surface area contributed by atoms with E-state index in [-0.39, 0.29) is 37.1 Å². The molecule has 0 radical (unpaired) electrons. The van der Waals surface area contributed by atoms with E-state index in [2.05, 4.69) is 0 Å². The fourth-order valence-corrected chi connectivity index (χ4v) is 8.73. The van der Waals surface area contributed by atoms with Gasteiger partial charge in [-0.15, -0.1) is 11.6 Å². The third-order valence-electron chi connectivity index (χ3n) is 9.92. The fourth-order valence-electron chi connectivity index (χ4n) is 8.21. The summed E-state index contributed by atoms with van der Waals surface area (Å²) in [6.45, 7) is 8.71. The molecule has 8 atom stereocenters. The quantitative estimate of drug-likeness (QED) is 0.358. The van der Waals surface area contributed by atoms with Gasteiger partial charge in [0.2, 0.25) is 5.78 Å². The molecule has 4 aliphatic carbocycles. The summed E-state index contributed by atoms with van der Waals surface area (Å²) in [7, 11) is 0. The van der Waals surface area contributed by atoms with E-state index in [1.54, 1.807) is 13.0 Å². The average molecular weight is 551 g/mol. The molecule has 3 fully saturated rings. The van der Waals surface area contributed by atoms with Crippen molar-refractivity contribution < 1.29 is 38.5 Å². The molecular weight excluding hydrogens is 512 g/mol. The Morgan fingerprint density at radius 3 is 2.53 bits per heavy atom. The molecule has 1 unspecified atom stereocenters. The zero-order valence-corrected chi connectivity index (χ0v) is 23.6. The number of carbonyl (C=O) groups is 4. The maximum atomic E-state index is 14.0. The maximum Gasteiger partial charge on any atom is 0.509 e. The lowest BCUT2D eigenvalue weighted by molar-refractivity contribution is -0.187. The lowest BCUT2D eigenvalue weighted by Gasteiger charge is -2.64. The van der Waals surface area contributed by atoms with E-state index in [0.29, 0.717) is 25.7 Å². The van der Waals surface area contributed by atoms with Gasteiger partial charge in [0.05, 0.1) is 17.6 Å². The number of halogens is 1. The number of esters is 1. The lowest BCUT2D eigenvalue weighted by Crippen LogP contribution is -2.69. The summed E-state index contributed by atoms with van der Waals surface area (Å²) in [4.78, 5) is 49.9. The number of hydrogen-bond donors (Lipinski definition) is 1. The van der Waals surface area contributed by atoms with Gasteiger partial charge in [-0.2, -0.15) is 0 Å². The summed E-state index contributed by atoms with van der Waals surface area (Å²) in [5.74, 6) is -1.98. The number of ether oxygens (including phenoxy) is 3. The monoisotopic (exact) mass is 550 g/mol. The molecule has 0 aromatic carbocycles. The van der Waals surface area contributed by atoms with Gasteiger partial charge < -0.3 is 19.3 Å². The van der Waals surface area contributed by atoms with Gasteiger partial charge in [-0.1, -0.05) is 39.3 Å². The number of hydrogen-bond acceptors (Lipinski definition) is 8. The highest BCUT2D eigenvalue weighted by molar-refractivity contribution is 6.26. The van der Waals surface area contributed by atoms with E-state index >= 15 is 0 Å². The van der Waals surface area contributed by atoms with Crippen LogP contribution in [0.4, 0.5) is 4.79 Å². The Balaban J connectivity index is 1.77. The lowest BCUT2D eigenvalue weighted by atomic mass is 9.45. The Labute approximate surface area is 229 Å². The molecule has 0 spiro atoms. The summed E-state index contributed by atoms with van der Waals surface area (Å²) in [5, 5.41) is 11.8. The number of Topliss-reactive ketones (excluding diaryl/α,β-unsaturated/α-hetero) is 1. The zero-order valence-electron chi connectivity index (χ0n) is 22.9. The summed E-state index contributed by atoms with van der Waals surface area (Å²) in [6, 6.07) is 0. The predicted molar refractivity (Wildman–Crippen MR) is 139 cm³/mol. The Kier molecular flexibility index (Phi) is 7.65. The van der Waals surface area contributed by atoms with E-state index in [9.17, 15) is 24.3 Å². The molecule has 38 heavy (non-hydrogen) atoms. The normalized spacial score (nSPS) is 41.3. The number of fused-ring (bicyclic) bond motifs is 5. The van der Waals surface area contributed by atoms with Crippen molar-refractivity contribution in [2.75, 3.05) is 13.2 Å². The number of ketones is 2. The molecule has 0 bridgehead atoms. The molecule has 1 N–H and O–H groups in total. The first-order chi connectivity index (χ1) is 17.8. The first kappa shape index (κ1) is 28.8. The number of rotatable bonds is 7. The minimum atomic E-state index is -1.68. The molecule has 4 rings (SSSR count). The number of alkyl halides is 1. The second-order valence-electron chi connectivity index (χ2n) is 11.8. The van der Waals surface area contributed by atoms with Crippen molar-refractivity contribution in [3.8, 4) is 0 Å². The van der Waals surface area contributed by atoms with E-state index in [1.807, 2.05) is 33.8 Å². The highest BCUT2D eigenvalue weighted by atomic mass is 35.5. The summed E-state index contributed by atoms with van der Waals surface area (Å²) >= 11 is 7.49. The van der Waals surface area contributed by atoms with E-state index in [4.69, 9.17) is 25.8 Å². The number of allylic oxidation sites excluding steroid dienone is 4. The van der Waals surface area contributed by atoms with Gasteiger partial charge >= 0.3 is 12.1 Å². The summed E-state index contributed by atoms with van der Waals surface area (Å²) in [5.41, 5.74) is -2.52. The molecule has 0 aromatic heterocycles. The van der Waals surface area contributed by atoms with Gasteiger partial charge in [-0.05, 0) is 63.0 Å². The molecule has 0 amide bonds. The van der Waals surface area contributed by atoms with Crippen LogP contribution in [0.15, 0.2) is 23.8 Å². The van der Waals surface area contributed by atoms with Crippen molar-refractivity contribution >= 4 is 35.3 Å². The van der Waals surface area contributed by atoms with Crippen molar-refractivity contribution in [1.82, 2.24) is 0 Å². The van der Waals surface area contributed by atoms with Gasteiger partial charge in [0.25, 0.3) is 0 Å². The van der Waals surface area contributed by atoms with E-state index < -0.39 is 57.8 Å². The van der Waals surface area contributed by atoms with E-state index in [0.717, 1.165) is 5.57 Å². The van der Waals surface area contributed by atoms with Crippen LogP contribution in [-0.4, -0.2) is 58.6 Å². The van der Waals surface area contributed by atoms with Crippen LogP contribution in [0, 0.1) is 28.6 Å². The molecule has 0 aliphatic heterocycles. The smallest absolute Gasteiger partial charge is 0.457 e. The Hall–Kier alpha value is -2.19. The Morgan fingerprint density at radius 1 is 1.16 bits per heavy atom. The van der Waals surface area contributed by atoms with Crippen LogP contribution in [0.3, 0.4) is 0 Å². The minimum Gasteiger partial charge on any atom is -0.457 e. The van der Waals surface area contributed by atoms with Gasteiger partial charge in [0.15, 0.2) is 18.0 Å². The first-order valence-electron chi connectivity index (χ1n) is 13.7. The van der Waals surface area contributed by atoms with Crippen LogP contribution in [0.25, 0.3) is 0 Å². The van der Waals surface area contributed by atoms with Crippen molar-refractivity contribution in [2.45, 2.75) is 89.7 Å². The topological polar surface area (TPSA) is 116 Å². The number of carbonyl (C=O) groups excluding carboxylic acids is 4. The average Bonchev–Trinajstić information content (AvgIpc) is 3.06. The molecule has 0 aromatic rings. The SMILES string of the molecule is CCCC(=O)OCC(=O)[C@@]1(OC(=O)OCC)[C@H](C)C[C@H]2[C@@H]3CCC4=CC(=O)C=C[C@]4(C)[C@@]3(Cl)C(O)C[C@@]21C. The van der Waals surface area contributed by atoms with Crippen LogP contribution >= 0.6 is 11.6 Å². The second kappa shape index (κ2) is 10.1. The van der Waals surface area contributed by atoms with Crippen molar-refractivity contribution in [2.24, 2.45) is 28.6 Å². The largest absolute Gasteiger partial charge is 0.509 e. The molecule has 210 valence electrons. The van der Waals surface area contributed by atoms with Crippen molar-refractivity contribution in [1.29, 1.82) is 0 Å². The fraction of sp³-hybridized carbons (Fsp3) is 0.724. The third-order valence-corrected chi connectivity index (χ3v) is 10.8. The molecule has 9 heteroatoms. The van der Waals surface area contributed by atoms with Gasteiger partial charge in [-0.25, -0.2) is 4.79 Å². The molecule has 8 nitrogen and oxygen atoms in total. The number of aliphatic hydroxyl groups excluding tert-OH is 1. The van der Waals surface area contributed by atoms with Crippen molar-refractivity contribution in [3.05, 3.63) is 23.8 Å². The number of aliphatic hydroxyl groups is 1. The maximum absolute atomic E-state index is 14.0. The molecule has 0 heterocycles. The standard InChI is InChI=1S/C29H39ClO8/c1-6-8-24(34)37-16-23(33)29(38-25(35)36-7-2)17(3)13-21-20-10-9-18-14-19(31)11-12-26(18,4)28(20,30)22(32)15-27(21,29)5/h11-12,14,17,20-22,32H,6-10,13,15-16H2,1-5H3/t17-,20+,21+,22?,26+,27+,28+,29+/m1/s1. The van der Waals surface area contributed by atoms with Crippen molar-refractivity contribution in [3.63, 3.8) is 0 Å². The second-order valence-corrected chi connectivity index (χ2v) is 12.4. The molecular formula is C29H39ClO8. The van der Waals surface area contributed by atoms with E-state index in [1.165, 1.54) is 6.08 Å². The van der Waals surface area contributed by atoms with Crippen LogP contribution < -0.4 is 0 Å². The molecule has 4 aliphatic rings. The predicted octanol–water partition coefficient (Wildman–Crippen LogP) is 4.70. The van der Waals surface area contributed by atoms with Crippen LogP contribution in [0.2, 0.25) is 0 Å². The third kappa shape index (κ3) is 3.96. The minimum absolute atomic E-state index is 0.0671. The summed E-state index contributed by atoms with van der Waals surface area (Å²) < 4.78 is 16.4. The molecule has 0 saturated heterocycles. The van der Waals surface area contributed by atoms with Crippen LogP contribution in [0.5, 0.6) is 0 Å². The Bertz CT molecular complexity index is 1080.